The smallest absolute Gasteiger partial charge is 0.301 e. The molecule has 414 valence electrons. The van der Waals surface area contributed by atoms with Gasteiger partial charge in [-0.05, 0) is 72.2 Å². The molecule has 3 aromatic carbocycles. The Morgan fingerprint density at radius 1 is 0.962 bits per heavy atom. The van der Waals surface area contributed by atoms with E-state index in [4.69, 9.17) is 4.74 Å². The van der Waals surface area contributed by atoms with Crippen LogP contribution in [0.15, 0.2) is 96.9 Å². The summed E-state index contributed by atoms with van der Waals surface area (Å²) in [5.74, 6) is -4.29. The number of β-amino-alcohol motifs (C(OH)–C–C–N with tert-alkyl or cyclic N) is 1. The molecular weight excluding hydrogens is 1050 g/mol. The van der Waals surface area contributed by atoms with Crippen LogP contribution in [0.3, 0.4) is 0 Å². The molecule has 4 atom stereocenters. The van der Waals surface area contributed by atoms with Crippen LogP contribution in [0.1, 0.15) is 67.2 Å². The number of carbonyl (C=O) groups is 3. The van der Waals surface area contributed by atoms with Crippen molar-refractivity contribution in [1.29, 1.82) is 0 Å². The number of carbonyl (C=O) groups excluding carboxylic acids is 3. The Bertz CT molecular complexity index is 3270. The molecule has 3 saturated heterocycles. The molecule has 3 fully saturated rings. The van der Waals surface area contributed by atoms with Gasteiger partial charge in [-0.2, -0.15) is 12.7 Å². The van der Waals surface area contributed by atoms with Gasteiger partial charge in [-0.15, -0.1) is 11.3 Å². The number of aliphatic hydroxyl groups is 1. The normalized spacial score (nSPS) is 18.8. The van der Waals surface area contributed by atoms with E-state index in [0.717, 1.165) is 82.1 Å². The van der Waals surface area contributed by atoms with E-state index in [2.05, 4.69) is 54.1 Å². The van der Waals surface area contributed by atoms with E-state index in [1.54, 1.807) is 28.5 Å². The molecule has 0 unspecified atom stereocenters. The Balaban J connectivity index is 0.719. The third-order valence-corrected chi connectivity index (χ3v) is 17.0. The van der Waals surface area contributed by atoms with Crippen molar-refractivity contribution >= 4 is 61.6 Å². The lowest BCUT2D eigenvalue weighted by Gasteiger charge is -2.36. The van der Waals surface area contributed by atoms with Gasteiger partial charge in [-0.3, -0.25) is 24.0 Å². The average molecular weight is 1110 g/mol. The van der Waals surface area contributed by atoms with Crippen molar-refractivity contribution < 1.29 is 45.8 Å². The van der Waals surface area contributed by atoms with Gasteiger partial charge in [0.25, 0.3) is 0 Å². The summed E-state index contributed by atoms with van der Waals surface area (Å²) in [5, 5.41) is 17.3. The molecule has 9 rings (SSSR count). The topological polar surface area (TPSA) is 205 Å². The number of pyridine rings is 1. The summed E-state index contributed by atoms with van der Waals surface area (Å²) in [6, 6.07) is 18.1. The number of aliphatic hydroxyl groups excluding tert-OH is 1. The number of aromatic nitrogens is 3. The zero-order chi connectivity index (χ0) is 55.5. The lowest BCUT2D eigenvalue weighted by atomic mass is 9.85. The molecule has 78 heavy (non-hydrogen) atoms. The Hall–Kier alpha value is -6.69. The van der Waals surface area contributed by atoms with Crippen LogP contribution in [-0.2, 0) is 31.1 Å². The predicted molar refractivity (Wildman–Crippen MR) is 295 cm³/mol. The fourth-order valence-electron chi connectivity index (χ4n) is 10.2. The van der Waals surface area contributed by atoms with Crippen molar-refractivity contribution in [3.05, 3.63) is 131 Å². The molecule has 2 amide bonds. The van der Waals surface area contributed by atoms with Gasteiger partial charge in [-0.25, -0.2) is 23.1 Å². The first-order chi connectivity index (χ1) is 37.2. The maximum atomic E-state index is 15.8. The number of aromatic amines is 1. The minimum atomic E-state index is -4.37. The maximum absolute atomic E-state index is 15.8. The van der Waals surface area contributed by atoms with E-state index in [-0.39, 0.29) is 37.6 Å². The third kappa shape index (κ3) is 12.7. The van der Waals surface area contributed by atoms with E-state index in [1.807, 2.05) is 74.3 Å². The van der Waals surface area contributed by atoms with Crippen LogP contribution >= 0.6 is 11.3 Å². The number of fused-ring (bicyclic) bond motifs is 1. The van der Waals surface area contributed by atoms with Crippen molar-refractivity contribution in [3.63, 3.8) is 0 Å². The van der Waals surface area contributed by atoms with Crippen molar-refractivity contribution in [2.45, 2.75) is 77.9 Å². The van der Waals surface area contributed by atoms with Gasteiger partial charge in [0.1, 0.15) is 30.3 Å². The van der Waals surface area contributed by atoms with E-state index in [1.165, 1.54) is 6.20 Å². The second kappa shape index (κ2) is 23.7. The third-order valence-electron chi connectivity index (χ3n) is 14.6. The highest BCUT2D eigenvalue weighted by Crippen LogP contribution is 2.33. The number of ether oxygens (including phenoxy) is 1. The molecule has 3 aliphatic rings. The number of nitrogens with one attached hydrogen (secondary N) is 4. The lowest BCUT2D eigenvalue weighted by Crippen LogP contribution is -2.57. The van der Waals surface area contributed by atoms with Crippen molar-refractivity contribution in [2.24, 2.45) is 5.41 Å². The number of nitrogens with zero attached hydrogens (tertiary/aromatic N) is 6. The van der Waals surface area contributed by atoms with Gasteiger partial charge < -0.3 is 35.3 Å². The first-order valence-corrected chi connectivity index (χ1v) is 28.3. The second-order valence-corrected chi connectivity index (χ2v) is 23.7. The molecule has 0 aliphatic carbocycles. The van der Waals surface area contributed by atoms with E-state index >= 15 is 8.78 Å². The van der Waals surface area contributed by atoms with Crippen LogP contribution in [0.4, 0.5) is 24.5 Å². The molecule has 0 spiro atoms. The number of H-pyrrole nitrogens is 1. The Kier molecular flexibility index (Phi) is 17.0. The number of halogens is 3. The fraction of sp³-hybridized carbons (Fsp3) is 0.411. The number of likely N-dealkylation sites (tertiary alicyclic amines) is 1. The van der Waals surface area contributed by atoms with Gasteiger partial charge in [0.05, 0.1) is 39.5 Å². The van der Waals surface area contributed by atoms with Crippen LogP contribution in [0.2, 0.25) is 0 Å². The number of amides is 2. The molecule has 0 radical (unpaired) electrons. The molecule has 17 nitrogen and oxygen atoms in total. The van der Waals surface area contributed by atoms with Crippen LogP contribution in [0.5, 0.6) is 0 Å². The van der Waals surface area contributed by atoms with E-state index in [0.29, 0.717) is 48.3 Å². The molecule has 0 saturated carbocycles. The number of hydrogen-bond acceptors (Lipinski definition) is 13. The largest absolute Gasteiger partial charge is 0.391 e. The molecule has 6 heterocycles. The van der Waals surface area contributed by atoms with Gasteiger partial charge in [0, 0.05) is 112 Å². The van der Waals surface area contributed by atoms with Crippen LogP contribution in [0.25, 0.3) is 32.6 Å². The Morgan fingerprint density at radius 3 is 2.37 bits per heavy atom. The molecule has 0 bridgehead atoms. The first kappa shape index (κ1) is 56.0. The molecular formula is C56H65F3N10O7S2. The maximum Gasteiger partial charge on any atom is 0.301 e. The SMILES string of the molecule is C=C(NCc1ccc(-c2scnc2C)cc1)[C@@H]1C[C@@H](O)CN1C(=O)[C@@H](NC(=O)COCCCN1CCN(c2ccc(-c3cnc4[nH]cc(C(=O)c5c(F)ccc(NS(=O)(=O)N6CC[C@@H](F)C6)c5F)c4c3)cc2)CC1)C(C)(C)C. The van der Waals surface area contributed by atoms with Crippen LogP contribution in [0, 0.1) is 24.0 Å². The summed E-state index contributed by atoms with van der Waals surface area (Å²) in [4.78, 5) is 60.3. The number of rotatable bonds is 20. The summed E-state index contributed by atoms with van der Waals surface area (Å²) in [7, 11) is -4.37. The number of piperazine rings is 1. The van der Waals surface area contributed by atoms with Crippen molar-refractivity contribution in [1.82, 2.24) is 39.7 Å². The molecule has 6 aromatic rings. The van der Waals surface area contributed by atoms with Crippen molar-refractivity contribution in [2.75, 3.05) is 75.2 Å². The zero-order valence-corrected chi connectivity index (χ0v) is 45.7. The fourth-order valence-corrected chi connectivity index (χ4v) is 12.3. The number of hydrogen-bond donors (Lipinski definition) is 5. The van der Waals surface area contributed by atoms with Gasteiger partial charge >= 0.3 is 10.2 Å². The average Bonchev–Trinajstić information content (AvgIpc) is 4.28. The molecule has 5 N–H and O–H groups in total. The highest BCUT2D eigenvalue weighted by atomic mass is 32.2. The van der Waals surface area contributed by atoms with Crippen LogP contribution < -0.4 is 20.3 Å². The quantitative estimate of drug-likeness (QED) is 0.0381. The molecule has 3 aliphatic heterocycles. The molecule has 22 heteroatoms. The summed E-state index contributed by atoms with van der Waals surface area (Å²) in [6.45, 7) is 16.1. The number of thiazole rings is 1. The van der Waals surface area contributed by atoms with Gasteiger partial charge in [0.15, 0.2) is 5.82 Å². The minimum absolute atomic E-state index is 0.00621. The second-order valence-electron chi connectivity index (χ2n) is 21.2. The Labute approximate surface area is 456 Å². The first-order valence-electron chi connectivity index (χ1n) is 26.0. The van der Waals surface area contributed by atoms with Crippen molar-refractivity contribution in [3.8, 4) is 21.6 Å². The molecule has 3 aromatic heterocycles. The summed E-state index contributed by atoms with van der Waals surface area (Å²) in [5.41, 5.74) is 6.06. The van der Waals surface area contributed by atoms with Gasteiger partial charge in [-0.1, -0.05) is 63.7 Å². The summed E-state index contributed by atoms with van der Waals surface area (Å²) in [6.07, 6.45) is 1.87. The number of ketones is 1. The summed E-state index contributed by atoms with van der Waals surface area (Å²) >= 11 is 1.60. The monoisotopic (exact) mass is 1110 g/mol. The Morgan fingerprint density at radius 2 is 1.69 bits per heavy atom. The minimum Gasteiger partial charge on any atom is -0.391 e. The number of anilines is 2. The number of benzene rings is 3. The van der Waals surface area contributed by atoms with Gasteiger partial charge in [0.2, 0.25) is 17.6 Å². The van der Waals surface area contributed by atoms with E-state index < -0.39 is 81.1 Å². The lowest BCUT2D eigenvalue weighted by molar-refractivity contribution is -0.141. The standard InChI is InChI=1S/C56H65F3N10O7S2/c1-34(60-27-36-7-9-38(10-8-36)52-35(2)63-33-77-52)47-26-42(70)31-69(47)55(73)53(56(3,4)5)64-48(71)32-76-24-6-18-66-20-22-67(23-21-66)41-13-11-37(12-14-41)39-25-43-44(29-62-54(43)61-28-39)51(72)49-45(58)15-16-46(50(49)59)65-78(74,75)68-19-17-40(57)30-68/h7-16,25,28-29,33,40,42,47,53,60,65,70H,1,6,17-24,26-27,30-32H2,2-5H3,(H,61,62)(H,64,71)/t40-,42-,47+,53-/m1/s1. The zero-order valence-electron chi connectivity index (χ0n) is 44.0. The summed E-state index contributed by atoms with van der Waals surface area (Å²) < 4.78 is 79.1. The predicted octanol–water partition coefficient (Wildman–Crippen LogP) is 7.20. The number of aryl methyl sites for hydroxylation is 1. The highest BCUT2D eigenvalue weighted by molar-refractivity contribution is 7.90. The van der Waals surface area contributed by atoms with E-state index in [9.17, 15) is 32.3 Å². The number of alkyl halides is 1. The highest BCUT2D eigenvalue weighted by Gasteiger charge is 2.43. The van der Waals surface area contributed by atoms with Crippen LogP contribution in [-0.4, -0.2) is 150 Å².